The van der Waals surface area contributed by atoms with Crippen LogP contribution in [0, 0.1) is 5.92 Å². The third-order valence-electron chi connectivity index (χ3n) is 3.80. The highest BCUT2D eigenvalue weighted by Crippen LogP contribution is 2.18. The maximum Gasteiger partial charge on any atom is 0.0406 e. The van der Waals surface area contributed by atoms with Gasteiger partial charge in [-0.2, -0.15) is 0 Å². The van der Waals surface area contributed by atoms with Crippen molar-refractivity contribution in [3.8, 4) is 0 Å². The molecule has 1 unspecified atom stereocenters. The summed E-state index contributed by atoms with van der Waals surface area (Å²) in [5, 5.41) is 4.44. The molecular weight excluding hydrogens is 244 g/mol. The van der Waals surface area contributed by atoms with Crippen LogP contribution in [0.25, 0.3) is 0 Å². The molecule has 3 heteroatoms. The molecule has 0 aromatic heterocycles. The first kappa shape index (κ1) is 13.9. The van der Waals surface area contributed by atoms with Gasteiger partial charge in [0, 0.05) is 17.6 Å². The van der Waals surface area contributed by atoms with Crippen molar-refractivity contribution in [3.63, 3.8) is 0 Å². The van der Waals surface area contributed by atoms with E-state index in [1.54, 1.807) is 0 Å². The zero-order valence-electron chi connectivity index (χ0n) is 11.3. The molecule has 100 valence electrons. The molecule has 2 rings (SSSR count). The van der Waals surface area contributed by atoms with E-state index in [2.05, 4.69) is 36.3 Å². The summed E-state index contributed by atoms with van der Waals surface area (Å²) < 4.78 is 0. The molecule has 0 saturated carbocycles. The Morgan fingerprint density at radius 2 is 2.11 bits per heavy atom. The molecule has 18 heavy (non-hydrogen) atoms. The lowest BCUT2D eigenvalue weighted by molar-refractivity contribution is 0.203. The van der Waals surface area contributed by atoms with E-state index in [-0.39, 0.29) is 0 Å². The molecule has 1 N–H and O–H groups in total. The van der Waals surface area contributed by atoms with Gasteiger partial charge in [0.05, 0.1) is 0 Å². The van der Waals surface area contributed by atoms with E-state index in [0.29, 0.717) is 6.04 Å². The van der Waals surface area contributed by atoms with Gasteiger partial charge in [-0.1, -0.05) is 23.7 Å². The Labute approximate surface area is 115 Å². The first-order valence-corrected chi connectivity index (χ1v) is 7.20. The van der Waals surface area contributed by atoms with Gasteiger partial charge in [-0.15, -0.1) is 0 Å². The van der Waals surface area contributed by atoms with Crippen LogP contribution >= 0.6 is 11.6 Å². The summed E-state index contributed by atoms with van der Waals surface area (Å²) in [6.45, 7) is 5.80. The maximum absolute atomic E-state index is 5.91. The summed E-state index contributed by atoms with van der Waals surface area (Å²) in [6, 6.07) is 8.53. The lowest BCUT2D eigenvalue weighted by atomic mass is 9.98. The lowest BCUT2D eigenvalue weighted by Gasteiger charge is -2.30. The normalized spacial score (nSPS) is 22.9. The Kier molecular flexibility index (Phi) is 5.04. The molecule has 2 nitrogen and oxygen atoms in total. The number of nitrogens with one attached hydrogen (secondary N) is 1. The highest BCUT2D eigenvalue weighted by Gasteiger charge is 2.17. The Bertz CT molecular complexity index is 363. The fourth-order valence-electron chi connectivity index (χ4n) is 2.65. The average Bonchev–Trinajstić information content (AvgIpc) is 2.37. The Morgan fingerprint density at radius 3 is 2.78 bits per heavy atom. The molecular formula is C15H23ClN2. The third kappa shape index (κ3) is 3.98. The van der Waals surface area contributed by atoms with E-state index >= 15 is 0 Å². The van der Waals surface area contributed by atoms with Gasteiger partial charge in [0.15, 0.2) is 0 Å². The molecule has 1 aromatic rings. The number of piperidine rings is 1. The van der Waals surface area contributed by atoms with Crippen molar-refractivity contribution in [2.75, 3.05) is 26.7 Å². The minimum Gasteiger partial charge on any atom is -0.310 e. The van der Waals surface area contributed by atoms with Crippen molar-refractivity contribution in [2.24, 2.45) is 5.92 Å². The molecule has 1 fully saturated rings. The molecule has 0 aliphatic carbocycles. The van der Waals surface area contributed by atoms with Crippen molar-refractivity contribution >= 4 is 11.6 Å². The van der Waals surface area contributed by atoms with E-state index in [0.717, 1.165) is 17.5 Å². The summed E-state index contributed by atoms with van der Waals surface area (Å²) in [5.74, 6) is 0.790. The zero-order valence-corrected chi connectivity index (χ0v) is 12.1. The van der Waals surface area contributed by atoms with E-state index < -0.39 is 0 Å². The summed E-state index contributed by atoms with van der Waals surface area (Å²) in [7, 11) is 2.22. The van der Waals surface area contributed by atoms with Crippen LogP contribution in [0.5, 0.6) is 0 Å². The monoisotopic (exact) mass is 266 g/mol. The molecule has 2 atom stereocenters. The van der Waals surface area contributed by atoms with Crippen molar-refractivity contribution in [1.82, 2.24) is 10.2 Å². The van der Waals surface area contributed by atoms with Crippen molar-refractivity contribution < 1.29 is 0 Å². The summed E-state index contributed by atoms with van der Waals surface area (Å²) in [5.41, 5.74) is 1.31. The number of halogens is 1. The average molecular weight is 267 g/mol. The van der Waals surface area contributed by atoms with Crippen LogP contribution in [0.15, 0.2) is 24.3 Å². The Morgan fingerprint density at radius 1 is 1.39 bits per heavy atom. The maximum atomic E-state index is 5.91. The highest BCUT2D eigenvalue weighted by atomic mass is 35.5. The number of hydrogen-bond donors (Lipinski definition) is 1. The first-order valence-electron chi connectivity index (χ1n) is 6.82. The van der Waals surface area contributed by atoms with Crippen molar-refractivity contribution in [3.05, 3.63) is 34.9 Å². The smallest absolute Gasteiger partial charge is 0.0406 e. The van der Waals surface area contributed by atoms with Crippen LogP contribution in [0.3, 0.4) is 0 Å². The summed E-state index contributed by atoms with van der Waals surface area (Å²) in [6.07, 6.45) is 2.68. The second kappa shape index (κ2) is 6.55. The number of nitrogens with zero attached hydrogens (tertiary/aromatic N) is 1. The highest BCUT2D eigenvalue weighted by molar-refractivity contribution is 6.30. The number of likely N-dealkylation sites (tertiary alicyclic amines) is 1. The molecule has 0 spiro atoms. The van der Waals surface area contributed by atoms with Gasteiger partial charge in [-0.05, 0) is 63.5 Å². The summed E-state index contributed by atoms with van der Waals surface area (Å²) >= 11 is 5.91. The minimum atomic E-state index is 0.398. The van der Waals surface area contributed by atoms with Crippen LogP contribution in [-0.2, 0) is 0 Å². The largest absolute Gasteiger partial charge is 0.310 e. The number of rotatable bonds is 4. The van der Waals surface area contributed by atoms with E-state index in [4.69, 9.17) is 11.6 Å². The van der Waals surface area contributed by atoms with Gasteiger partial charge >= 0.3 is 0 Å². The van der Waals surface area contributed by atoms with Crippen LogP contribution in [0.2, 0.25) is 5.02 Å². The lowest BCUT2D eigenvalue weighted by Crippen LogP contribution is -2.37. The Balaban J connectivity index is 1.80. The first-order chi connectivity index (χ1) is 8.65. The minimum absolute atomic E-state index is 0.398. The molecule has 1 aromatic carbocycles. The second-order valence-corrected chi connectivity index (χ2v) is 5.89. The van der Waals surface area contributed by atoms with Gasteiger partial charge in [-0.25, -0.2) is 0 Å². The van der Waals surface area contributed by atoms with Gasteiger partial charge in [-0.3, -0.25) is 0 Å². The van der Waals surface area contributed by atoms with Crippen molar-refractivity contribution in [2.45, 2.75) is 25.8 Å². The fourth-order valence-corrected chi connectivity index (χ4v) is 2.78. The Hall–Kier alpha value is -0.570. The number of hydrogen-bond acceptors (Lipinski definition) is 2. The van der Waals surface area contributed by atoms with Crippen LogP contribution in [-0.4, -0.2) is 31.6 Å². The van der Waals surface area contributed by atoms with Gasteiger partial charge in [0.1, 0.15) is 0 Å². The molecule has 1 saturated heterocycles. The number of benzene rings is 1. The van der Waals surface area contributed by atoms with Crippen LogP contribution < -0.4 is 5.32 Å². The molecule has 0 bridgehead atoms. The standard InChI is InChI=1S/C15H23ClN2/c1-12(14-5-7-15(16)8-6-14)17-10-13-4-3-9-18(2)11-13/h5-8,12-13,17H,3-4,9-11H2,1-2H3/t12-,13?/m0/s1. The van der Waals surface area contributed by atoms with Crippen LogP contribution in [0.4, 0.5) is 0 Å². The van der Waals surface area contributed by atoms with Crippen LogP contribution in [0.1, 0.15) is 31.4 Å². The third-order valence-corrected chi connectivity index (χ3v) is 4.06. The SMILES string of the molecule is C[C@H](NCC1CCCN(C)C1)c1ccc(Cl)cc1. The predicted octanol–water partition coefficient (Wildman–Crippen LogP) is 3.33. The molecule has 1 aliphatic rings. The predicted molar refractivity (Wildman–Crippen MR) is 78.1 cm³/mol. The van der Waals surface area contributed by atoms with E-state index in [9.17, 15) is 0 Å². The topological polar surface area (TPSA) is 15.3 Å². The van der Waals surface area contributed by atoms with Gasteiger partial charge in [0.25, 0.3) is 0 Å². The fraction of sp³-hybridized carbons (Fsp3) is 0.600. The van der Waals surface area contributed by atoms with Gasteiger partial charge < -0.3 is 10.2 Å². The molecule has 0 amide bonds. The van der Waals surface area contributed by atoms with Crippen molar-refractivity contribution in [1.29, 1.82) is 0 Å². The molecule has 1 aliphatic heterocycles. The second-order valence-electron chi connectivity index (χ2n) is 5.45. The quantitative estimate of drug-likeness (QED) is 0.899. The van der Waals surface area contributed by atoms with E-state index in [1.807, 2.05) is 12.1 Å². The summed E-state index contributed by atoms with van der Waals surface area (Å²) in [4.78, 5) is 2.43. The zero-order chi connectivity index (χ0) is 13.0. The van der Waals surface area contributed by atoms with Gasteiger partial charge in [0.2, 0.25) is 0 Å². The molecule has 1 heterocycles. The van der Waals surface area contributed by atoms with E-state index in [1.165, 1.54) is 31.5 Å². The molecule has 0 radical (unpaired) electrons.